The van der Waals surface area contributed by atoms with E-state index in [0.717, 1.165) is 5.92 Å². The minimum atomic E-state index is 0.735. The van der Waals surface area contributed by atoms with Crippen LogP contribution in [-0.4, -0.2) is 17.4 Å². The lowest BCUT2D eigenvalue weighted by molar-refractivity contribution is 0.346. The summed E-state index contributed by atoms with van der Waals surface area (Å²) in [6, 6.07) is 15.6. The van der Waals surface area contributed by atoms with Crippen molar-refractivity contribution < 1.29 is 0 Å². The molecule has 0 atom stereocenters. The Kier molecular flexibility index (Phi) is 4.90. The second-order valence-electron chi connectivity index (χ2n) is 6.43. The zero-order valence-electron chi connectivity index (χ0n) is 13.8. The molecule has 116 valence electrons. The molecule has 2 aromatic carbocycles. The van der Waals surface area contributed by atoms with Crippen LogP contribution in [0.25, 0.3) is 0 Å². The smallest absolute Gasteiger partial charge is 0.0288 e. The molecule has 2 heteroatoms. The molecule has 22 heavy (non-hydrogen) atoms. The summed E-state index contributed by atoms with van der Waals surface area (Å²) < 4.78 is 2.55. The fourth-order valence-corrected chi connectivity index (χ4v) is 4.50. The molecule has 1 heterocycles. The van der Waals surface area contributed by atoms with Crippen molar-refractivity contribution in [1.29, 1.82) is 0 Å². The molecule has 1 aliphatic heterocycles. The average Bonchev–Trinajstić information content (AvgIpc) is 2.52. The molecular formula is C20H25NS. The van der Waals surface area contributed by atoms with Crippen molar-refractivity contribution in [3.8, 4) is 0 Å². The number of benzene rings is 2. The molecule has 0 radical (unpaired) electrons. The van der Waals surface area contributed by atoms with Crippen LogP contribution in [0.15, 0.2) is 47.4 Å². The van der Waals surface area contributed by atoms with Gasteiger partial charge in [0.05, 0.1) is 0 Å². The third kappa shape index (κ3) is 3.56. The van der Waals surface area contributed by atoms with Crippen LogP contribution >= 0.6 is 11.9 Å². The summed E-state index contributed by atoms with van der Waals surface area (Å²) in [5.41, 5.74) is 5.69. The standard InChI is InChI=1S/C20H25NS/c1-15-13-16(2)20(17(3)14-15)22-21-11-9-19(10-12-21)18-7-5-4-6-8-18/h4-8,13-14,19H,9-12H2,1-3H3. The van der Waals surface area contributed by atoms with Crippen LogP contribution < -0.4 is 0 Å². The number of rotatable bonds is 3. The molecule has 0 bridgehead atoms. The molecule has 1 nitrogen and oxygen atoms in total. The molecule has 1 saturated heterocycles. The summed E-state index contributed by atoms with van der Waals surface area (Å²) in [4.78, 5) is 1.45. The van der Waals surface area contributed by atoms with Gasteiger partial charge in [-0.25, -0.2) is 4.31 Å². The molecular weight excluding hydrogens is 286 g/mol. The van der Waals surface area contributed by atoms with Crippen molar-refractivity contribution >= 4 is 11.9 Å². The van der Waals surface area contributed by atoms with Crippen LogP contribution in [0.5, 0.6) is 0 Å². The van der Waals surface area contributed by atoms with Gasteiger partial charge in [-0.15, -0.1) is 0 Å². The van der Waals surface area contributed by atoms with Crippen LogP contribution in [0, 0.1) is 20.8 Å². The van der Waals surface area contributed by atoms with E-state index in [1.54, 1.807) is 0 Å². The topological polar surface area (TPSA) is 3.24 Å². The van der Waals surface area contributed by atoms with E-state index in [1.807, 2.05) is 11.9 Å². The highest BCUT2D eigenvalue weighted by Gasteiger charge is 2.22. The maximum atomic E-state index is 2.55. The Balaban J connectivity index is 1.63. The van der Waals surface area contributed by atoms with Crippen molar-refractivity contribution in [1.82, 2.24) is 4.31 Å². The summed E-state index contributed by atoms with van der Waals surface area (Å²) in [5.74, 6) is 0.735. The zero-order chi connectivity index (χ0) is 15.5. The Morgan fingerprint density at radius 1 is 0.909 bits per heavy atom. The van der Waals surface area contributed by atoms with Crippen LogP contribution in [0.3, 0.4) is 0 Å². The molecule has 3 rings (SSSR count). The molecule has 0 unspecified atom stereocenters. The SMILES string of the molecule is Cc1cc(C)c(SN2CCC(c3ccccc3)CC2)c(C)c1. The van der Waals surface area contributed by atoms with E-state index in [9.17, 15) is 0 Å². The third-order valence-corrected chi connectivity index (χ3v) is 6.00. The molecule has 1 aliphatic rings. The molecule has 1 fully saturated rings. The predicted molar refractivity (Wildman–Crippen MR) is 96.5 cm³/mol. The average molecular weight is 311 g/mol. The Morgan fingerprint density at radius 2 is 1.50 bits per heavy atom. The molecule has 0 spiro atoms. The van der Waals surface area contributed by atoms with E-state index in [2.05, 4.69) is 67.5 Å². The second kappa shape index (κ2) is 6.89. The Morgan fingerprint density at radius 3 is 2.09 bits per heavy atom. The highest BCUT2D eigenvalue weighted by atomic mass is 32.2. The van der Waals surface area contributed by atoms with E-state index in [0.29, 0.717) is 0 Å². The third-order valence-electron chi connectivity index (χ3n) is 4.55. The maximum absolute atomic E-state index is 2.55. The summed E-state index contributed by atoms with van der Waals surface area (Å²) in [6.07, 6.45) is 2.53. The van der Waals surface area contributed by atoms with Gasteiger partial charge in [0.2, 0.25) is 0 Å². The Bertz CT molecular complexity index is 604. The number of hydrogen-bond acceptors (Lipinski definition) is 2. The first kappa shape index (κ1) is 15.6. The largest absolute Gasteiger partial charge is 0.246 e. The van der Waals surface area contributed by atoms with Gasteiger partial charge in [0.1, 0.15) is 0 Å². The monoisotopic (exact) mass is 311 g/mol. The van der Waals surface area contributed by atoms with Gasteiger partial charge in [-0.3, -0.25) is 0 Å². The number of aryl methyl sites for hydroxylation is 3. The highest BCUT2D eigenvalue weighted by Crippen LogP contribution is 2.35. The van der Waals surface area contributed by atoms with Gasteiger partial charge in [0, 0.05) is 18.0 Å². The lowest BCUT2D eigenvalue weighted by Gasteiger charge is -2.32. The van der Waals surface area contributed by atoms with Gasteiger partial charge in [-0.05, 0) is 68.2 Å². The number of nitrogens with zero attached hydrogens (tertiary/aromatic N) is 1. The lowest BCUT2D eigenvalue weighted by Crippen LogP contribution is -2.27. The number of piperidine rings is 1. The minimum absolute atomic E-state index is 0.735. The quantitative estimate of drug-likeness (QED) is 0.689. The zero-order valence-corrected chi connectivity index (χ0v) is 14.6. The van der Waals surface area contributed by atoms with Gasteiger partial charge < -0.3 is 0 Å². The van der Waals surface area contributed by atoms with Crippen molar-refractivity contribution in [2.24, 2.45) is 0 Å². The van der Waals surface area contributed by atoms with E-state index in [1.165, 1.54) is 53.1 Å². The Hall–Kier alpha value is -1.25. The first-order valence-corrected chi connectivity index (χ1v) is 8.96. The van der Waals surface area contributed by atoms with E-state index in [-0.39, 0.29) is 0 Å². The van der Waals surface area contributed by atoms with Crippen molar-refractivity contribution in [2.45, 2.75) is 44.4 Å². The first-order valence-electron chi connectivity index (χ1n) is 8.19. The number of hydrogen-bond donors (Lipinski definition) is 0. The van der Waals surface area contributed by atoms with E-state index >= 15 is 0 Å². The molecule has 0 amide bonds. The second-order valence-corrected chi connectivity index (χ2v) is 7.54. The molecule has 0 aromatic heterocycles. The summed E-state index contributed by atoms with van der Waals surface area (Å²) >= 11 is 1.96. The summed E-state index contributed by atoms with van der Waals surface area (Å²) in [6.45, 7) is 9.01. The minimum Gasteiger partial charge on any atom is -0.246 e. The van der Waals surface area contributed by atoms with Crippen molar-refractivity contribution in [3.63, 3.8) is 0 Å². The van der Waals surface area contributed by atoms with Gasteiger partial charge in [-0.2, -0.15) is 0 Å². The lowest BCUT2D eigenvalue weighted by atomic mass is 9.90. The summed E-state index contributed by atoms with van der Waals surface area (Å²) in [5, 5.41) is 0. The normalized spacial score (nSPS) is 16.9. The maximum Gasteiger partial charge on any atom is 0.0288 e. The molecule has 0 aliphatic carbocycles. The van der Waals surface area contributed by atoms with Crippen molar-refractivity contribution in [3.05, 3.63) is 64.7 Å². The van der Waals surface area contributed by atoms with Gasteiger partial charge in [0.25, 0.3) is 0 Å². The predicted octanol–water partition coefficient (Wildman–Crippen LogP) is 5.50. The van der Waals surface area contributed by atoms with Crippen LogP contribution in [0.4, 0.5) is 0 Å². The molecule has 0 N–H and O–H groups in total. The molecule has 0 saturated carbocycles. The first-order chi connectivity index (χ1) is 10.6. The van der Waals surface area contributed by atoms with Crippen LogP contribution in [-0.2, 0) is 0 Å². The fourth-order valence-electron chi connectivity index (χ4n) is 3.45. The molecule has 2 aromatic rings. The van der Waals surface area contributed by atoms with Gasteiger partial charge in [-0.1, -0.05) is 48.0 Å². The summed E-state index contributed by atoms with van der Waals surface area (Å²) in [7, 11) is 0. The Labute approximate surface area is 138 Å². The van der Waals surface area contributed by atoms with Crippen molar-refractivity contribution in [2.75, 3.05) is 13.1 Å². The van der Waals surface area contributed by atoms with E-state index in [4.69, 9.17) is 0 Å². The van der Waals surface area contributed by atoms with Crippen LogP contribution in [0.1, 0.15) is 41.0 Å². The van der Waals surface area contributed by atoms with E-state index < -0.39 is 0 Å². The van der Waals surface area contributed by atoms with Gasteiger partial charge in [0.15, 0.2) is 0 Å². The highest BCUT2D eigenvalue weighted by molar-refractivity contribution is 7.97. The fraction of sp³-hybridized carbons (Fsp3) is 0.400. The van der Waals surface area contributed by atoms with Gasteiger partial charge >= 0.3 is 0 Å². The van der Waals surface area contributed by atoms with Crippen LogP contribution in [0.2, 0.25) is 0 Å².